The van der Waals surface area contributed by atoms with E-state index in [-0.39, 0.29) is 5.91 Å². The minimum absolute atomic E-state index is 0.254. The lowest BCUT2D eigenvalue weighted by molar-refractivity contribution is -0.132. The van der Waals surface area contributed by atoms with Gasteiger partial charge in [0.2, 0.25) is 5.91 Å². The van der Waals surface area contributed by atoms with Crippen molar-refractivity contribution >= 4 is 16.9 Å². The highest BCUT2D eigenvalue weighted by molar-refractivity contribution is 5.88. The summed E-state index contributed by atoms with van der Waals surface area (Å²) in [6.07, 6.45) is 9.38. The molecule has 3 heterocycles. The summed E-state index contributed by atoms with van der Waals surface area (Å²) in [6, 6.07) is 4.45. The molecule has 0 atom stereocenters. The van der Waals surface area contributed by atoms with Crippen molar-refractivity contribution in [3.05, 3.63) is 35.1 Å². The second-order valence-corrected chi connectivity index (χ2v) is 8.22. The standard InChI is InChI=1S/C21H26N2O2/c24-20(23-8-5-21(6-9-23)4-7-22-14-21)12-17-13-25-19-11-16-3-1-2-15(16)10-18(17)19/h10-11,13,22H,1-9,12,14H2. The molecule has 1 aliphatic carbocycles. The van der Waals surface area contributed by atoms with E-state index in [0.29, 0.717) is 11.8 Å². The summed E-state index contributed by atoms with van der Waals surface area (Å²) in [4.78, 5) is 14.9. The van der Waals surface area contributed by atoms with Crippen LogP contribution in [0.25, 0.3) is 11.0 Å². The van der Waals surface area contributed by atoms with E-state index in [1.54, 1.807) is 6.26 Å². The number of likely N-dealkylation sites (tertiary alicyclic amines) is 1. The van der Waals surface area contributed by atoms with Crippen molar-refractivity contribution in [2.75, 3.05) is 26.2 Å². The summed E-state index contributed by atoms with van der Waals surface area (Å²) in [5.41, 5.74) is 5.32. The van der Waals surface area contributed by atoms with E-state index < -0.39 is 0 Å². The van der Waals surface area contributed by atoms with Crippen LogP contribution in [0.15, 0.2) is 22.8 Å². The Kier molecular flexibility index (Phi) is 3.63. The number of fused-ring (bicyclic) bond motifs is 2. The molecule has 0 bridgehead atoms. The van der Waals surface area contributed by atoms with Crippen molar-refractivity contribution in [2.45, 2.75) is 44.9 Å². The van der Waals surface area contributed by atoms with E-state index in [1.807, 2.05) is 0 Å². The van der Waals surface area contributed by atoms with Crippen LogP contribution >= 0.6 is 0 Å². The maximum Gasteiger partial charge on any atom is 0.227 e. The lowest BCUT2D eigenvalue weighted by Gasteiger charge is -2.38. The minimum atomic E-state index is 0.254. The Balaban J connectivity index is 1.30. The van der Waals surface area contributed by atoms with Gasteiger partial charge in [-0.1, -0.05) is 0 Å². The number of hydrogen-bond donors (Lipinski definition) is 1. The smallest absolute Gasteiger partial charge is 0.227 e. The van der Waals surface area contributed by atoms with Crippen LogP contribution in [0, 0.1) is 5.41 Å². The molecule has 0 saturated carbocycles. The van der Waals surface area contributed by atoms with E-state index in [4.69, 9.17) is 4.42 Å². The molecule has 5 rings (SSSR count). The number of furan rings is 1. The number of rotatable bonds is 2. The van der Waals surface area contributed by atoms with Gasteiger partial charge in [-0.2, -0.15) is 0 Å². The number of carbonyl (C=O) groups excluding carboxylic acids is 1. The summed E-state index contributed by atoms with van der Waals surface area (Å²) >= 11 is 0. The highest BCUT2D eigenvalue weighted by Gasteiger charge is 2.38. The lowest BCUT2D eigenvalue weighted by atomic mass is 9.78. The summed E-state index contributed by atoms with van der Waals surface area (Å²) < 4.78 is 5.76. The minimum Gasteiger partial charge on any atom is -0.464 e. The summed E-state index contributed by atoms with van der Waals surface area (Å²) in [5.74, 6) is 0.254. The third-order valence-electron chi connectivity index (χ3n) is 6.72. The van der Waals surface area contributed by atoms with Gasteiger partial charge < -0.3 is 14.6 Å². The molecule has 4 heteroatoms. The van der Waals surface area contributed by atoms with Crippen LogP contribution in [0.5, 0.6) is 0 Å². The molecular formula is C21H26N2O2. The number of aryl methyl sites for hydroxylation is 2. The molecular weight excluding hydrogens is 312 g/mol. The van der Waals surface area contributed by atoms with Gasteiger partial charge in [0.25, 0.3) is 0 Å². The van der Waals surface area contributed by atoms with Gasteiger partial charge >= 0.3 is 0 Å². The first-order valence-corrected chi connectivity index (χ1v) is 9.73. The average Bonchev–Trinajstić information content (AvgIpc) is 3.35. The second-order valence-electron chi connectivity index (χ2n) is 8.22. The van der Waals surface area contributed by atoms with Crippen LogP contribution in [0.4, 0.5) is 0 Å². The number of nitrogens with one attached hydrogen (secondary N) is 1. The first kappa shape index (κ1) is 15.4. The Hall–Kier alpha value is -1.81. The molecule has 3 aliphatic rings. The van der Waals surface area contributed by atoms with Crippen LogP contribution in [-0.2, 0) is 24.1 Å². The van der Waals surface area contributed by atoms with Gasteiger partial charge in [-0.3, -0.25) is 4.79 Å². The van der Waals surface area contributed by atoms with Crippen molar-refractivity contribution in [3.8, 4) is 0 Å². The molecule has 4 nitrogen and oxygen atoms in total. The Morgan fingerprint density at radius 2 is 1.96 bits per heavy atom. The Morgan fingerprint density at radius 1 is 1.16 bits per heavy atom. The number of hydrogen-bond acceptors (Lipinski definition) is 3. The number of nitrogens with zero attached hydrogens (tertiary/aromatic N) is 1. The largest absolute Gasteiger partial charge is 0.464 e. The molecule has 1 N–H and O–H groups in total. The van der Waals surface area contributed by atoms with Crippen LogP contribution in [0.1, 0.15) is 42.4 Å². The monoisotopic (exact) mass is 338 g/mol. The fourth-order valence-corrected chi connectivity index (χ4v) is 5.01. The van der Waals surface area contributed by atoms with Crippen molar-refractivity contribution in [3.63, 3.8) is 0 Å². The highest BCUT2D eigenvalue weighted by atomic mass is 16.3. The Bertz CT molecular complexity index is 807. The highest BCUT2D eigenvalue weighted by Crippen LogP contribution is 2.37. The predicted molar refractivity (Wildman–Crippen MR) is 97.7 cm³/mol. The molecule has 2 saturated heterocycles. The zero-order chi connectivity index (χ0) is 16.9. The molecule has 1 aromatic carbocycles. The van der Waals surface area contributed by atoms with Crippen molar-refractivity contribution in [1.82, 2.24) is 10.2 Å². The molecule has 1 aromatic heterocycles. The third kappa shape index (κ3) is 2.67. The molecule has 132 valence electrons. The summed E-state index contributed by atoms with van der Waals surface area (Å²) in [5, 5.41) is 4.63. The predicted octanol–water partition coefficient (Wildman–Crippen LogP) is 3.07. The van der Waals surface area contributed by atoms with E-state index in [0.717, 1.165) is 68.4 Å². The maximum absolute atomic E-state index is 12.8. The van der Waals surface area contributed by atoms with E-state index in [9.17, 15) is 4.79 Å². The van der Waals surface area contributed by atoms with Crippen molar-refractivity contribution < 1.29 is 9.21 Å². The van der Waals surface area contributed by atoms with E-state index in [2.05, 4.69) is 22.3 Å². The zero-order valence-corrected chi connectivity index (χ0v) is 14.8. The quantitative estimate of drug-likeness (QED) is 0.915. The van der Waals surface area contributed by atoms with Gasteiger partial charge in [0, 0.05) is 30.6 Å². The second kappa shape index (κ2) is 5.87. The van der Waals surface area contributed by atoms with E-state index in [1.165, 1.54) is 24.0 Å². The fourth-order valence-electron chi connectivity index (χ4n) is 5.01. The number of carbonyl (C=O) groups is 1. The van der Waals surface area contributed by atoms with Gasteiger partial charge in [0.05, 0.1) is 12.7 Å². The average molecular weight is 338 g/mol. The van der Waals surface area contributed by atoms with Crippen LogP contribution in [-0.4, -0.2) is 37.0 Å². The molecule has 2 aromatic rings. The zero-order valence-electron chi connectivity index (χ0n) is 14.8. The molecule has 25 heavy (non-hydrogen) atoms. The van der Waals surface area contributed by atoms with Crippen LogP contribution < -0.4 is 5.32 Å². The first-order chi connectivity index (χ1) is 12.2. The van der Waals surface area contributed by atoms with Gasteiger partial charge in [-0.15, -0.1) is 0 Å². The van der Waals surface area contributed by atoms with Crippen LogP contribution in [0.3, 0.4) is 0 Å². The Labute approximate surface area is 148 Å². The fraction of sp³-hybridized carbons (Fsp3) is 0.571. The number of amides is 1. The van der Waals surface area contributed by atoms with Crippen molar-refractivity contribution in [2.24, 2.45) is 5.41 Å². The van der Waals surface area contributed by atoms with Gasteiger partial charge in [-0.05, 0) is 73.7 Å². The summed E-state index contributed by atoms with van der Waals surface area (Å²) in [6.45, 7) is 4.09. The molecule has 2 fully saturated rings. The maximum atomic E-state index is 12.8. The SMILES string of the molecule is O=C(Cc1coc2cc3c(cc12)CCC3)N1CCC2(CCNC2)CC1. The van der Waals surface area contributed by atoms with Gasteiger partial charge in [0.1, 0.15) is 5.58 Å². The van der Waals surface area contributed by atoms with E-state index >= 15 is 0 Å². The molecule has 1 amide bonds. The molecule has 2 aliphatic heterocycles. The molecule has 1 spiro atoms. The van der Waals surface area contributed by atoms with Crippen LogP contribution in [0.2, 0.25) is 0 Å². The van der Waals surface area contributed by atoms with Gasteiger partial charge in [-0.25, -0.2) is 0 Å². The lowest BCUT2D eigenvalue weighted by Crippen LogP contribution is -2.44. The topological polar surface area (TPSA) is 45.5 Å². The summed E-state index contributed by atoms with van der Waals surface area (Å²) in [7, 11) is 0. The number of piperidine rings is 1. The van der Waals surface area contributed by atoms with Crippen molar-refractivity contribution in [1.29, 1.82) is 0 Å². The normalized spacial score (nSPS) is 22.0. The first-order valence-electron chi connectivity index (χ1n) is 9.73. The third-order valence-corrected chi connectivity index (χ3v) is 6.72. The molecule has 0 unspecified atom stereocenters. The van der Waals surface area contributed by atoms with Gasteiger partial charge in [0.15, 0.2) is 0 Å². The Morgan fingerprint density at radius 3 is 2.72 bits per heavy atom. The molecule has 0 radical (unpaired) electrons. The number of benzene rings is 1.